The molecular formula is C23H27NO2. The third-order valence-corrected chi connectivity index (χ3v) is 4.28. The molecule has 0 amide bonds. The fraction of sp³-hybridized carbons (Fsp3) is 0.348. The average Bonchev–Trinajstić information content (AvgIpc) is 2.59. The summed E-state index contributed by atoms with van der Waals surface area (Å²) in [5, 5.41) is 0. The molecular weight excluding hydrogens is 322 g/mol. The minimum atomic E-state index is -0.562. The number of ketones is 2. The second-order valence-corrected chi connectivity index (χ2v) is 8.29. The lowest BCUT2D eigenvalue weighted by Crippen LogP contribution is -2.26. The average molecular weight is 349 g/mol. The van der Waals surface area contributed by atoms with Crippen LogP contribution in [0.5, 0.6) is 0 Å². The van der Waals surface area contributed by atoms with Crippen molar-refractivity contribution in [3.05, 3.63) is 71.6 Å². The lowest BCUT2D eigenvalue weighted by molar-refractivity contribution is -0.122. The van der Waals surface area contributed by atoms with E-state index in [0.717, 1.165) is 11.3 Å². The van der Waals surface area contributed by atoms with Gasteiger partial charge in [-0.3, -0.25) is 14.6 Å². The molecule has 136 valence electrons. The van der Waals surface area contributed by atoms with Crippen LogP contribution in [-0.2, 0) is 11.2 Å². The molecule has 0 radical (unpaired) electrons. The lowest BCUT2D eigenvalue weighted by Gasteiger charge is -2.21. The summed E-state index contributed by atoms with van der Waals surface area (Å²) in [6, 6.07) is 13.4. The predicted molar refractivity (Wildman–Crippen MR) is 106 cm³/mol. The molecule has 1 aromatic carbocycles. The first-order chi connectivity index (χ1) is 12.1. The van der Waals surface area contributed by atoms with Gasteiger partial charge >= 0.3 is 0 Å². The van der Waals surface area contributed by atoms with Crippen molar-refractivity contribution in [2.75, 3.05) is 0 Å². The SMILES string of the molecule is CC(C)(C)C(=O)c1ccc(CC(C)(C)C(=O)/C=C/c2ccccc2)nc1. The highest BCUT2D eigenvalue weighted by Gasteiger charge is 2.27. The molecule has 0 N–H and O–H groups in total. The second kappa shape index (κ2) is 7.77. The molecule has 0 aliphatic heterocycles. The van der Waals surface area contributed by atoms with Crippen LogP contribution < -0.4 is 0 Å². The monoisotopic (exact) mass is 349 g/mol. The number of pyridine rings is 1. The number of aromatic nitrogens is 1. The van der Waals surface area contributed by atoms with E-state index < -0.39 is 10.8 Å². The van der Waals surface area contributed by atoms with Crippen LogP contribution in [0.3, 0.4) is 0 Å². The minimum absolute atomic E-state index is 0.0537. The molecule has 1 heterocycles. The van der Waals surface area contributed by atoms with Crippen molar-refractivity contribution in [1.82, 2.24) is 4.98 Å². The van der Waals surface area contributed by atoms with E-state index in [2.05, 4.69) is 4.98 Å². The van der Waals surface area contributed by atoms with Crippen molar-refractivity contribution in [2.45, 2.75) is 41.0 Å². The molecule has 2 rings (SSSR count). The minimum Gasteiger partial charge on any atom is -0.294 e. The molecule has 0 spiro atoms. The number of Topliss-reactive ketones (excluding diaryl/α,β-unsaturated/α-hetero) is 1. The molecule has 0 aliphatic rings. The Balaban J connectivity index is 2.07. The van der Waals surface area contributed by atoms with Gasteiger partial charge in [-0.05, 0) is 23.8 Å². The number of benzene rings is 1. The maximum absolute atomic E-state index is 12.6. The predicted octanol–water partition coefficient (Wildman–Crippen LogP) is 5.16. The zero-order valence-corrected chi connectivity index (χ0v) is 16.2. The highest BCUT2D eigenvalue weighted by atomic mass is 16.1. The van der Waals surface area contributed by atoms with Gasteiger partial charge in [-0.1, -0.05) is 71.0 Å². The lowest BCUT2D eigenvalue weighted by atomic mass is 9.82. The number of allylic oxidation sites excluding steroid dienone is 1. The largest absolute Gasteiger partial charge is 0.294 e. The van der Waals surface area contributed by atoms with Crippen LogP contribution in [0.2, 0.25) is 0 Å². The van der Waals surface area contributed by atoms with Crippen molar-refractivity contribution < 1.29 is 9.59 Å². The summed E-state index contributed by atoms with van der Waals surface area (Å²) in [5.74, 6) is 0.121. The van der Waals surface area contributed by atoms with E-state index in [1.807, 2.05) is 77.1 Å². The van der Waals surface area contributed by atoms with Crippen molar-refractivity contribution in [3.63, 3.8) is 0 Å². The molecule has 1 aromatic heterocycles. The van der Waals surface area contributed by atoms with Gasteiger partial charge in [-0.25, -0.2) is 0 Å². The Morgan fingerprint density at radius 1 is 0.962 bits per heavy atom. The van der Waals surface area contributed by atoms with E-state index in [-0.39, 0.29) is 11.6 Å². The number of hydrogen-bond acceptors (Lipinski definition) is 3. The van der Waals surface area contributed by atoms with E-state index in [1.54, 1.807) is 18.3 Å². The van der Waals surface area contributed by atoms with Crippen LogP contribution in [0.1, 0.15) is 56.2 Å². The molecule has 0 saturated carbocycles. The zero-order valence-electron chi connectivity index (χ0n) is 16.2. The van der Waals surface area contributed by atoms with E-state index >= 15 is 0 Å². The third kappa shape index (κ3) is 5.22. The van der Waals surface area contributed by atoms with Crippen LogP contribution in [0.4, 0.5) is 0 Å². The Labute approximate surface area is 156 Å². The van der Waals surface area contributed by atoms with Gasteiger partial charge < -0.3 is 0 Å². The Morgan fingerprint density at radius 2 is 1.62 bits per heavy atom. The molecule has 3 heteroatoms. The molecule has 0 atom stereocenters. The van der Waals surface area contributed by atoms with Gasteiger partial charge in [0.2, 0.25) is 0 Å². The fourth-order valence-corrected chi connectivity index (χ4v) is 2.60. The molecule has 0 unspecified atom stereocenters. The van der Waals surface area contributed by atoms with Crippen molar-refractivity contribution in [2.24, 2.45) is 10.8 Å². The molecule has 0 saturated heterocycles. The molecule has 0 aliphatic carbocycles. The van der Waals surface area contributed by atoms with Crippen LogP contribution in [-0.4, -0.2) is 16.6 Å². The summed E-state index contributed by atoms with van der Waals surface area (Å²) < 4.78 is 0. The summed E-state index contributed by atoms with van der Waals surface area (Å²) in [4.78, 5) is 29.3. The van der Waals surface area contributed by atoms with E-state index in [1.165, 1.54) is 0 Å². The maximum atomic E-state index is 12.6. The summed E-state index contributed by atoms with van der Waals surface area (Å²) >= 11 is 0. The van der Waals surface area contributed by atoms with Crippen molar-refractivity contribution >= 4 is 17.6 Å². The van der Waals surface area contributed by atoms with Gasteiger partial charge in [0.15, 0.2) is 11.6 Å². The second-order valence-electron chi connectivity index (χ2n) is 8.29. The Bertz CT molecular complexity index is 794. The maximum Gasteiger partial charge on any atom is 0.169 e. The number of hydrogen-bond donors (Lipinski definition) is 0. The highest BCUT2D eigenvalue weighted by Crippen LogP contribution is 2.25. The van der Waals surface area contributed by atoms with E-state index in [0.29, 0.717) is 12.0 Å². The van der Waals surface area contributed by atoms with Crippen LogP contribution in [0.25, 0.3) is 6.08 Å². The van der Waals surface area contributed by atoms with Crippen LogP contribution in [0.15, 0.2) is 54.7 Å². The third-order valence-electron chi connectivity index (χ3n) is 4.28. The summed E-state index contributed by atoms with van der Waals surface area (Å²) in [7, 11) is 0. The molecule has 2 aromatic rings. The zero-order chi connectivity index (χ0) is 19.4. The van der Waals surface area contributed by atoms with Gasteiger partial charge in [0.25, 0.3) is 0 Å². The molecule has 26 heavy (non-hydrogen) atoms. The quantitative estimate of drug-likeness (QED) is 0.534. The number of carbonyl (C=O) groups is 2. The van der Waals surface area contributed by atoms with Crippen molar-refractivity contribution in [1.29, 1.82) is 0 Å². The summed E-state index contributed by atoms with van der Waals surface area (Å²) in [5.41, 5.74) is 1.42. The number of nitrogens with zero attached hydrogens (tertiary/aromatic N) is 1. The first kappa shape index (κ1) is 19.8. The molecule has 3 nitrogen and oxygen atoms in total. The number of rotatable bonds is 6. The Kier molecular flexibility index (Phi) is 5.91. The normalized spacial score (nSPS) is 12.3. The van der Waals surface area contributed by atoms with Gasteiger partial charge in [0.1, 0.15) is 0 Å². The standard InChI is InChI=1S/C23H27NO2/c1-22(2,3)21(26)18-12-13-19(24-16-18)15-23(4,5)20(25)14-11-17-9-7-6-8-10-17/h6-14,16H,15H2,1-5H3/b14-11+. The van der Waals surface area contributed by atoms with Gasteiger partial charge in [0, 0.05) is 34.7 Å². The Morgan fingerprint density at radius 3 is 2.15 bits per heavy atom. The topological polar surface area (TPSA) is 47.0 Å². The van der Waals surface area contributed by atoms with Gasteiger partial charge in [-0.15, -0.1) is 0 Å². The smallest absolute Gasteiger partial charge is 0.169 e. The van der Waals surface area contributed by atoms with E-state index in [9.17, 15) is 9.59 Å². The van der Waals surface area contributed by atoms with E-state index in [4.69, 9.17) is 0 Å². The number of carbonyl (C=O) groups excluding carboxylic acids is 2. The first-order valence-corrected chi connectivity index (χ1v) is 8.87. The van der Waals surface area contributed by atoms with Crippen LogP contribution in [0, 0.1) is 10.8 Å². The van der Waals surface area contributed by atoms with Crippen molar-refractivity contribution in [3.8, 4) is 0 Å². The molecule has 0 bridgehead atoms. The van der Waals surface area contributed by atoms with Gasteiger partial charge in [-0.2, -0.15) is 0 Å². The summed E-state index contributed by atoms with van der Waals surface area (Å²) in [6.07, 6.45) is 5.60. The Hall–Kier alpha value is -2.55. The van der Waals surface area contributed by atoms with Crippen LogP contribution >= 0.6 is 0 Å². The fourth-order valence-electron chi connectivity index (χ4n) is 2.60. The first-order valence-electron chi connectivity index (χ1n) is 8.87. The molecule has 0 fully saturated rings. The summed E-state index contributed by atoms with van der Waals surface area (Å²) in [6.45, 7) is 9.51. The van der Waals surface area contributed by atoms with Gasteiger partial charge in [0.05, 0.1) is 0 Å². The highest BCUT2D eigenvalue weighted by molar-refractivity contribution is 5.99.